The molecule has 84 valence electrons. The van der Waals surface area contributed by atoms with Crippen molar-refractivity contribution in [1.82, 2.24) is 0 Å². The molecule has 3 heterocycles. The molecule has 4 nitrogen and oxygen atoms in total. The third kappa shape index (κ3) is 1.81. The third-order valence-electron chi connectivity index (χ3n) is 2.28. The zero-order valence-corrected chi connectivity index (χ0v) is 9.44. The fraction of sp³-hybridized carbons (Fsp3) is 0. The predicted octanol–water partition coefficient (Wildman–Crippen LogP) is 2.69. The van der Waals surface area contributed by atoms with Crippen LogP contribution in [-0.4, -0.2) is 11.7 Å². The van der Waals surface area contributed by atoms with E-state index in [1.807, 2.05) is 17.5 Å². The maximum atomic E-state index is 11.6. The molecule has 1 aliphatic rings. The van der Waals surface area contributed by atoms with Gasteiger partial charge in [0.15, 0.2) is 0 Å². The van der Waals surface area contributed by atoms with Gasteiger partial charge in [-0.3, -0.25) is 0 Å². The zero-order valence-electron chi connectivity index (χ0n) is 8.62. The molecule has 3 rings (SSSR count). The van der Waals surface area contributed by atoms with Crippen LogP contribution in [0.15, 0.2) is 51.1 Å². The molecule has 1 aliphatic heterocycles. The lowest BCUT2D eigenvalue weighted by Gasteiger charge is -1.94. The monoisotopic (exact) mass is 245 g/mol. The molecule has 0 radical (unpaired) electrons. The molecule has 0 unspecified atom stereocenters. The second-order valence-corrected chi connectivity index (χ2v) is 4.32. The molecule has 0 bridgehead atoms. The fourth-order valence-corrected chi connectivity index (χ4v) is 2.24. The van der Waals surface area contributed by atoms with Crippen molar-refractivity contribution in [2.24, 2.45) is 5.16 Å². The van der Waals surface area contributed by atoms with Crippen molar-refractivity contribution in [3.63, 3.8) is 0 Å². The van der Waals surface area contributed by atoms with E-state index >= 15 is 0 Å². The van der Waals surface area contributed by atoms with E-state index in [-0.39, 0.29) is 0 Å². The number of carbonyl (C=O) groups excluding carboxylic acids is 1. The lowest BCUT2D eigenvalue weighted by Crippen LogP contribution is -2.05. The average molecular weight is 245 g/mol. The minimum absolute atomic E-state index is 0.419. The fourth-order valence-electron chi connectivity index (χ4n) is 1.52. The third-order valence-corrected chi connectivity index (χ3v) is 3.16. The predicted molar refractivity (Wildman–Crippen MR) is 63.6 cm³/mol. The van der Waals surface area contributed by atoms with Gasteiger partial charge in [0.05, 0.1) is 16.7 Å². The molecule has 0 amide bonds. The van der Waals surface area contributed by atoms with Crippen LogP contribution in [0.25, 0.3) is 6.08 Å². The smallest absolute Gasteiger partial charge is 0.368 e. The van der Waals surface area contributed by atoms with E-state index in [1.165, 1.54) is 11.3 Å². The number of rotatable bonds is 2. The Bertz CT molecular complexity index is 594. The lowest BCUT2D eigenvalue weighted by molar-refractivity contribution is -0.136. The van der Waals surface area contributed by atoms with Crippen LogP contribution < -0.4 is 0 Å². The molecule has 2 aromatic rings. The molecule has 17 heavy (non-hydrogen) atoms. The number of thiophene rings is 1. The van der Waals surface area contributed by atoms with Crippen molar-refractivity contribution in [2.75, 3.05) is 0 Å². The minimum Gasteiger partial charge on any atom is -0.465 e. The molecule has 0 aromatic carbocycles. The van der Waals surface area contributed by atoms with E-state index < -0.39 is 5.97 Å². The second-order valence-electron chi connectivity index (χ2n) is 3.37. The number of carbonyl (C=O) groups is 1. The minimum atomic E-state index is -0.454. The molecule has 2 aromatic heterocycles. The number of furan rings is 1. The van der Waals surface area contributed by atoms with Gasteiger partial charge in [-0.05, 0) is 29.7 Å². The summed E-state index contributed by atoms with van der Waals surface area (Å²) in [5, 5.41) is 5.71. The molecule has 0 atom stereocenters. The molecule has 5 heteroatoms. The average Bonchev–Trinajstić information content (AvgIpc) is 3.03. The standard InChI is InChI=1S/C12H7NO3S/c14-12-9(7-8-3-1-5-15-8)11(13-16-12)10-4-2-6-17-10/h1-7H/b9-7+. The van der Waals surface area contributed by atoms with Gasteiger partial charge >= 0.3 is 5.97 Å². The van der Waals surface area contributed by atoms with Gasteiger partial charge in [-0.25, -0.2) is 4.79 Å². The number of oxime groups is 1. The van der Waals surface area contributed by atoms with Crippen molar-refractivity contribution in [1.29, 1.82) is 0 Å². The quantitative estimate of drug-likeness (QED) is 0.603. The first-order valence-corrected chi connectivity index (χ1v) is 5.81. The van der Waals surface area contributed by atoms with Gasteiger partial charge < -0.3 is 9.25 Å². The van der Waals surface area contributed by atoms with E-state index in [0.29, 0.717) is 17.0 Å². The van der Waals surface area contributed by atoms with Crippen molar-refractivity contribution in [2.45, 2.75) is 0 Å². The highest BCUT2D eigenvalue weighted by molar-refractivity contribution is 7.12. The van der Waals surface area contributed by atoms with Crippen molar-refractivity contribution in [3.05, 3.63) is 52.1 Å². The van der Waals surface area contributed by atoms with Crippen LogP contribution in [0, 0.1) is 0 Å². The first kappa shape index (κ1) is 10.0. The van der Waals surface area contributed by atoms with Gasteiger partial charge in [0.2, 0.25) is 0 Å². The maximum Gasteiger partial charge on any atom is 0.368 e. The Kier molecular flexibility index (Phi) is 2.38. The van der Waals surface area contributed by atoms with Gasteiger partial charge in [0, 0.05) is 0 Å². The summed E-state index contributed by atoms with van der Waals surface area (Å²) >= 11 is 1.50. The van der Waals surface area contributed by atoms with Crippen LogP contribution in [0.4, 0.5) is 0 Å². The van der Waals surface area contributed by atoms with E-state index in [9.17, 15) is 4.79 Å². The Labute approximate surface area is 101 Å². The number of hydrogen-bond donors (Lipinski definition) is 0. The summed E-state index contributed by atoms with van der Waals surface area (Å²) in [4.78, 5) is 17.2. The van der Waals surface area contributed by atoms with Crippen LogP contribution in [0.3, 0.4) is 0 Å². The highest BCUT2D eigenvalue weighted by Gasteiger charge is 2.27. The van der Waals surface area contributed by atoms with Crippen molar-refractivity contribution < 1.29 is 14.0 Å². The summed E-state index contributed by atoms with van der Waals surface area (Å²) in [5.74, 6) is 0.146. The van der Waals surface area contributed by atoms with Gasteiger partial charge in [-0.2, -0.15) is 0 Å². The summed E-state index contributed by atoms with van der Waals surface area (Å²) in [6.45, 7) is 0. The van der Waals surface area contributed by atoms with Crippen LogP contribution in [0.2, 0.25) is 0 Å². The van der Waals surface area contributed by atoms with Gasteiger partial charge in [0.1, 0.15) is 11.5 Å². The first-order valence-electron chi connectivity index (χ1n) is 4.93. The van der Waals surface area contributed by atoms with Gasteiger partial charge in [0.25, 0.3) is 0 Å². The Morgan fingerprint density at radius 1 is 1.29 bits per heavy atom. The van der Waals surface area contributed by atoms with Crippen molar-refractivity contribution >= 4 is 29.1 Å². The summed E-state index contributed by atoms with van der Waals surface area (Å²) in [6, 6.07) is 7.32. The van der Waals surface area contributed by atoms with Crippen molar-refractivity contribution in [3.8, 4) is 0 Å². The molecule has 0 N–H and O–H groups in total. The number of nitrogens with zero attached hydrogens (tertiary/aromatic N) is 1. The van der Waals surface area contributed by atoms with Crippen LogP contribution in [0.1, 0.15) is 10.6 Å². The van der Waals surface area contributed by atoms with Crippen LogP contribution in [0.5, 0.6) is 0 Å². The van der Waals surface area contributed by atoms with Gasteiger partial charge in [-0.15, -0.1) is 11.3 Å². The molecule has 0 saturated heterocycles. The van der Waals surface area contributed by atoms with Crippen LogP contribution in [-0.2, 0) is 9.63 Å². The summed E-state index contributed by atoms with van der Waals surface area (Å²) in [5.41, 5.74) is 0.976. The second kappa shape index (κ2) is 4.03. The summed E-state index contributed by atoms with van der Waals surface area (Å²) < 4.78 is 5.17. The lowest BCUT2D eigenvalue weighted by atomic mass is 10.1. The first-order chi connectivity index (χ1) is 8.34. The molecule has 0 aliphatic carbocycles. The number of hydrogen-bond acceptors (Lipinski definition) is 5. The molecular formula is C12H7NO3S. The zero-order chi connectivity index (χ0) is 11.7. The molecular weight excluding hydrogens is 238 g/mol. The molecule has 0 spiro atoms. The van der Waals surface area contributed by atoms with E-state index in [4.69, 9.17) is 9.25 Å². The largest absolute Gasteiger partial charge is 0.465 e. The van der Waals surface area contributed by atoms with Crippen LogP contribution >= 0.6 is 11.3 Å². The Balaban J connectivity index is 2.03. The SMILES string of the molecule is O=C1ON=C(c2cccs2)/C1=C\c1ccco1. The normalized spacial score (nSPS) is 17.3. The topological polar surface area (TPSA) is 51.8 Å². The summed E-state index contributed by atoms with van der Waals surface area (Å²) in [7, 11) is 0. The maximum absolute atomic E-state index is 11.6. The Hall–Kier alpha value is -2.14. The Morgan fingerprint density at radius 2 is 2.24 bits per heavy atom. The highest BCUT2D eigenvalue weighted by Crippen LogP contribution is 2.23. The summed E-state index contributed by atoms with van der Waals surface area (Å²) in [6.07, 6.45) is 3.18. The van der Waals surface area contributed by atoms with E-state index in [2.05, 4.69) is 5.16 Å². The highest BCUT2D eigenvalue weighted by atomic mass is 32.1. The molecule has 0 fully saturated rings. The van der Waals surface area contributed by atoms with E-state index in [0.717, 1.165) is 4.88 Å². The van der Waals surface area contributed by atoms with Gasteiger partial charge in [-0.1, -0.05) is 11.2 Å². The van der Waals surface area contributed by atoms with E-state index in [1.54, 1.807) is 24.5 Å². The Morgan fingerprint density at radius 3 is 2.94 bits per heavy atom. The molecule has 0 saturated carbocycles.